The second-order valence-corrected chi connectivity index (χ2v) is 6.62. The number of hydrogen-bond donors (Lipinski definition) is 3. The molecule has 1 aliphatic carbocycles. The lowest BCUT2D eigenvalue weighted by Crippen LogP contribution is -2.18. The lowest BCUT2D eigenvalue weighted by atomic mass is 9.99. The Bertz CT molecular complexity index is 765. The number of oxime groups is 1. The fourth-order valence-corrected chi connectivity index (χ4v) is 3.23. The number of carbonyl (C=O) groups excluding carboxylic acids is 1. The van der Waals surface area contributed by atoms with Crippen LogP contribution >= 0.6 is 0 Å². The molecule has 2 aliphatic rings. The van der Waals surface area contributed by atoms with Crippen molar-refractivity contribution in [3.63, 3.8) is 0 Å². The van der Waals surface area contributed by atoms with Crippen molar-refractivity contribution in [3.05, 3.63) is 47.6 Å². The van der Waals surface area contributed by atoms with Crippen LogP contribution in [0.5, 0.6) is 11.5 Å². The van der Waals surface area contributed by atoms with Crippen LogP contribution in [0.3, 0.4) is 0 Å². The Morgan fingerprint density at radius 2 is 2.00 bits per heavy atom. The smallest absolute Gasteiger partial charge is 0.342 e. The number of esters is 1. The summed E-state index contributed by atoms with van der Waals surface area (Å²) < 4.78 is 5.48. The number of nitrogens with zero attached hydrogens (tertiary/aromatic N) is 1. The molecule has 1 aromatic rings. The second kappa shape index (κ2) is 7.01. The van der Waals surface area contributed by atoms with Crippen molar-refractivity contribution in [2.75, 3.05) is 0 Å². The van der Waals surface area contributed by atoms with Gasteiger partial charge in [0.2, 0.25) is 0 Å². The third-order valence-electron chi connectivity index (χ3n) is 4.57. The van der Waals surface area contributed by atoms with Crippen LogP contribution in [-0.4, -0.2) is 33.2 Å². The van der Waals surface area contributed by atoms with Gasteiger partial charge in [-0.3, -0.25) is 0 Å². The van der Waals surface area contributed by atoms with Crippen LogP contribution in [0, 0.1) is 11.8 Å². The van der Waals surface area contributed by atoms with E-state index < -0.39 is 5.97 Å². The Kier molecular flexibility index (Phi) is 4.79. The van der Waals surface area contributed by atoms with E-state index in [4.69, 9.17) is 4.74 Å². The number of aromatic hydroxyl groups is 2. The minimum Gasteiger partial charge on any atom is -0.508 e. The van der Waals surface area contributed by atoms with E-state index in [1.54, 1.807) is 12.2 Å². The third-order valence-corrected chi connectivity index (χ3v) is 4.57. The van der Waals surface area contributed by atoms with Crippen molar-refractivity contribution in [1.82, 2.24) is 0 Å². The van der Waals surface area contributed by atoms with E-state index in [1.165, 1.54) is 6.07 Å². The predicted octanol–water partition coefficient (Wildman–Crippen LogP) is 3.17. The summed E-state index contributed by atoms with van der Waals surface area (Å²) in [6.45, 7) is 1.83. The summed E-state index contributed by atoms with van der Waals surface area (Å²) in [5.41, 5.74) is 0.609. The van der Waals surface area contributed by atoms with Gasteiger partial charge in [-0.15, -0.1) is 0 Å². The fraction of sp³-hybridized carbons (Fsp3) is 0.368. The number of hydrogen-bond acceptors (Lipinski definition) is 6. The van der Waals surface area contributed by atoms with Gasteiger partial charge < -0.3 is 20.2 Å². The van der Waals surface area contributed by atoms with Crippen molar-refractivity contribution in [2.24, 2.45) is 17.0 Å². The first-order valence-corrected chi connectivity index (χ1v) is 8.29. The Morgan fingerprint density at radius 1 is 1.20 bits per heavy atom. The van der Waals surface area contributed by atoms with Crippen molar-refractivity contribution in [2.45, 2.75) is 32.3 Å². The quantitative estimate of drug-likeness (QED) is 0.382. The molecule has 3 N–H and O–H groups in total. The standard InChI is InChI=1S/C19H21NO5/c1-11-6-13-7-12(13)4-2-3-5-15(20-24)8-14-9-16(21)10-17(22)18(14)19(23)25-11/h2-5,9-13,21-22,24H,6-8H2,1H3/b4-2+,5-3-,20-15-/t11-,12+,13+/m1/s1. The molecule has 1 fully saturated rings. The fourth-order valence-electron chi connectivity index (χ4n) is 3.23. The highest BCUT2D eigenvalue weighted by atomic mass is 16.5. The number of carbonyl (C=O) groups is 1. The molecule has 0 spiro atoms. The van der Waals surface area contributed by atoms with Gasteiger partial charge in [0.05, 0.1) is 11.8 Å². The molecule has 1 saturated carbocycles. The number of allylic oxidation sites excluding steroid dienone is 4. The molecule has 6 heteroatoms. The number of phenolic OH excluding ortho intramolecular Hbond substituents is 2. The van der Waals surface area contributed by atoms with E-state index in [1.807, 2.05) is 13.0 Å². The molecule has 0 bridgehead atoms. The maximum atomic E-state index is 12.5. The van der Waals surface area contributed by atoms with E-state index in [0.717, 1.165) is 18.9 Å². The van der Waals surface area contributed by atoms with Crippen molar-refractivity contribution < 1.29 is 25.0 Å². The minimum absolute atomic E-state index is 0.0147. The van der Waals surface area contributed by atoms with E-state index in [-0.39, 0.29) is 29.6 Å². The largest absolute Gasteiger partial charge is 0.508 e. The maximum absolute atomic E-state index is 12.5. The normalized spacial score (nSPS) is 30.5. The van der Waals surface area contributed by atoms with Gasteiger partial charge in [-0.1, -0.05) is 23.4 Å². The minimum atomic E-state index is -0.647. The number of benzene rings is 1. The Hall–Kier alpha value is -2.76. The van der Waals surface area contributed by atoms with Crippen molar-refractivity contribution in [3.8, 4) is 11.5 Å². The summed E-state index contributed by atoms with van der Waals surface area (Å²) in [5, 5.41) is 32.3. The first-order valence-electron chi connectivity index (χ1n) is 8.29. The highest BCUT2D eigenvalue weighted by molar-refractivity contribution is 6.00. The molecule has 132 valence electrons. The average molecular weight is 343 g/mol. The van der Waals surface area contributed by atoms with Gasteiger partial charge in [0.15, 0.2) is 0 Å². The molecule has 0 radical (unpaired) electrons. The molecule has 1 aliphatic heterocycles. The summed E-state index contributed by atoms with van der Waals surface area (Å²) in [4.78, 5) is 12.5. The summed E-state index contributed by atoms with van der Waals surface area (Å²) in [7, 11) is 0. The van der Waals surface area contributed by atoms with Crippen molar-refractivity contribution in [1.29, 1.82) is 0 Å². The molecule has 0 amide bonds. The average Bonchev–Trinajstić information content (AvgIpc) is 3.26. The van der Waals surface area contributed by atoms with Crippen LogP contribution in [0.4, 0.5) is 0 Å². The van der Waals surface area contributed by atoms with Crippen LogP contribution in [0.1, 0.15) is 35.7 Å². The zero-order chi connectivity index (χ0) is 18.0. The molecule has 25 heavy (non-hydrogen) atoms. The van der Waals surface area contributed by atoms with Crippen LogP contribution in [0.15, 0.2) is 41.6 Å². The van der Waals surface area contributed by atoms with Gasteiger partial charge in [0.1, 0.15) is 17.1 Å². The topological polar surface area (TPSA) is 99.4 Å². The van der Waals surface area contributed by atoms with Crippen LogP contribution < -0.4 is 0 Å². The monoisotopic (exact) mass is 343 g/mol. The Balaban J connectivity index is 1.99. The zero-order valence-electron chi connectivity index (χ0n) is 13.9. The van der Waals surface area contributed by atoms with Crippen LogP contribution in [0.2, 0.25) is 0 Å². The second-order valence-electron chi connectivity index (χ2n) is 6.62. The maximum Gasteiger partial charge on any atom is 0.342 e. The molecule has 0 unspecified atom stereocenters. The number of cyclic esters (lactones) is 1. The number of phenols is 2. The number of ether oxygens (including phenoxy) is 1. The molecule has 6 nitrogen and oxygen atoms in total. The van der Waals surface area contributed by atoms with Gasteiger partial charge in [-0.05, 0) is 49.3 Å². The summed E-state index contributed by atoms with van der Waals surface area (Å²) in [5.74, 6) is -0.230. The molecule has 0 saturated heterocycles. The third kappa shape index (κ3) is 4.02. The first-order chi connectivity index (χ1) is 12.0. The number of rotatable bonds is 0. The Morgan fingerprint density at radius 3 is 2.76 bits per heavy atom. The molecule has 3 atom stereocenters. The van der Waals surface area contributed by atoms with Gasteiger partial charge >= 0.3 is 5.97 Å². The summed E-state index contributed by atoms with van der Waals surface area (Å²) in [6.07, 6.45) is 9.03. The zero-order valence-corrected chi connectivity index (χ0v) is 13.9. The molecule has 1 heterocycles. The van der Waals surface area contributed by atoms with E-state index in [2.05, 4.69) is 11.2 Å². The van der Waals surface area contributed by atoms with Gasteiger partial charge in [-0.2, -0.15) is 0 Å². The highest BCUT2D eigenvalue weighted by Crippen LogP contribution is 2.43. The first kappa shape index (κ1) is 17.1. The van der Waals surface area contributed by atoms with E-state index in [9.17, 15) is 20.2 Å². The molecular formula is C19H21NO5. The Labute approximate surface area is 145 Å². The molecule has 0 aromatic heterocycles. The lowest BCUT2D eigenvalue weighted by molar-refractivity contribution is 0.0307. The molecular weight excluding hydrogens is 322 g/mol. The van der Waals surface area contributed by atoms with Crippen LogP contribution in [0.25, 0.3) is 0 Å². The summed E-state index contributed by atoms with van der Waals surface area (Å²) in [6, 6.07) is 2.46. The van der Waals surface area contributed by atoms with E-state index in [0.29, 0.717) is 23.1 Å². The van der Waals surface area contributed by atoms with Crippen molar-refractivity contribution >= 4 is 11.7 Å². The number of fused-ring (bicyclic) bond motifs is 2. The molecule has 1 aromatic carbocycles. The van der Waals surface area contributed by atoms with E-state index >= 15 is 0 Å². The lowest BCUT2D eigenvalue weighted by Gasteiger charge is -2.16. The predicted molar refractivity (Wildman–Crippen MR) is 92.1 cm³/mol. The molecule has 3 rings (SSSR count). The van der Waals surface area contributed by atoms with Gasteiger partial charge in [-0.25, -0.2) is 4.79 Å². The van der Waals surface area contributed by atoms with Gasteiger partial charge in [0, 0.05) is 12.5 Å². The van der Waals surface area contributed by atoms with Crippen LogP contribution in [-0.2, 0) is 11.2 Å². The summed E-state index contributed by atoms with van der Waals surface area (Å²) >= 11 is 0. The SMILES string of the molecule is C[C@@H]1C[C@H]2C[C@@H]2/C=C/C=C\C(=N\O)Cc2cc(O)cc(O)c2C(=O)O1. The highest BCUT2D eigenvalue weighted by Gasteiger charge is 2.36. The van der Waals surface area contributed by atoms with Gasteiger partial charge in [0.25, 0.3) is 0 Å².